The predicted octanol–water partition coefficient (Wildman–Crippen LogP) is 4.19. The molecule has 1 aliphatic rings. The van der Waals surface area contributed by atoms with Crippen LogP contribution in [0.5, 0.6) is 5.75 Å². The first-order valence-corrected chi connectivity index (χ1v) is 7.97. The molecule has 0 saturated carbocycles. The van der Waals surface area contributed by atoms with E-state index in [0.29, 0.717) is 18.3 Å². The van der Waals surface area contributed by atoms with Crippen LogP contribution in [0.3, 0.4) is 0 Å². The van der Waals surface area contributed by atoms with Gasteiger partial charge in [0.2, 0.25) is 5.90 Å². The van der Waals surface area contributed by atoms with Crippen molar-refractivity contribution >= 4 is 33.9 Å². The van der Waals surface area contributed by atoms with E-state index < -0.39 is 5.97 Å². The lowest BCUT2D eigenvalue weighted by Crippen LogP contribution is -2.05. The van der Waals surface area contributed by atoms with E-state index in [9.17, 15) is 4.79 Å². The zero-order chi connectivity index (χ0) is 16.2. The summed E-state index contributed by atoms with van der Waals surface area (Å²) in [5, 5.41) is 0. The maximum Gasteiger partial charge on any atom is 0.363 e. The van der Waals surface area contributed by atoms with Crippen molar-refractivity contribution in [3.8, 4) is 5.75 Å². The van der Waals surface area contributed by atoms with Crippen LogP contribution in [0.25, 0.3) is 6.08 Å². The Morgan fingerprint density at radius 1 is 1.17 bits per heavy atom. The second kappa shape index (κ2) is 6.79. The van der Waals surface area contributed by atoms with Crippen LogP contribution in [0.15, 0.2) is 63.7 Å². The summed E-state index contributed by atoms with van der Waals surface area (Å²) in [6.07, 6.45) is 1.68. The van der Waals surface area contributed by atoms with Crippen LogP contribution in [0.4, 0.5) is 0 Å². The minimum absolute atomic E-state index is 0.259. The number of aliphatic imine (C=N–C) groups is 1. The number of benzene rings is 2. The molecule has 3 rings (SSSR count). The quantitative estimate of drug-likeness (QED) is 0.597. The number of para-hydroxylation sites is 1. The Labute approximate surface area is 142 Å². The highest BCUT2D eigenvalue weighted by Gasteiger charge is 2.24. The molecule has 0 N–H and O–H groups in total. The second-order valence-corrected chi connectivity index (χ2v) is 5.73. The molecule has 0 spiro atoms. The molecule has 0 saturated heterocycles. The van der Waals surface area contributed by atoms with Gasteiger partial charge in [-0.2, -0.15) is 0 Å². The minimum atomic E-state index is -0.464. The second-order valence-electron chi connectivity index (χ2n) is 4.81. The summed E-state index contributed by atoms with van der Waals surface area (Å²) in [4.78, 5) is 16.3. The fourth-order valence-electron chi connectivity index (χ4n) is 2.16. The van der Waals surface area contributed by atoms with Crippen LogP contribution in [0, 0.1) is 0 Å². The number of nitrogens with zero attached hydrogens (tertiary/aromatic N) is 1. The average Bonchev–Trinajstić information content (AvgIpc) is 2.91. The van der Waals surface area contributed by atoms with Crippen molar-refractivity contribution in [1.82, 2.24) is 0 Å². The first kappa shape index (κ1) is 15.5. The fraction of sp³-hybridized carbons (Fsp3) is 0.111. The maximum atomic E-state index is 12.0. The molecular formula is C18H14BrNO3. The third-order valence-electron chi connectivity index (χ3n) is 3.22. The van der Waals surface area contributed by atoms with Gasteiger partial charge in [-0.3, -0.25) is 0 Å². The highest BCUT2D eigenvalue weighted by Crippen LogP contribution is 2.25. The van der Waals surface area contributed by atoms with Crippen molar-refractivity contribution in [3.63, 3.8) is 0 Å². The van der Waals surface area contributed by atoms with E-state index in [4.69, 9.17) is 9.47 Å². The molecule has 0 unspecified atom stereocenters. The molecule has 1 aliphatic heterocycles. The Morgan fingerprint density at radius 2 is 1.91 bits per heavy atom. The Hall–Kier alpha value is -2.40. The smallest absolute Gasteiger partial charge is 0.363 e. The summed E-state index contributed by atoms with van der Waals surface area (Å²) >= 11 is 3.37. The van der Waals surface area contributed by atoms with Crippen LogP contribution in [0.2, 0.25) is 0 Å². The van der Waals surface area contributed by atoms with Gasteiger partial charge in [-0.15, -0.1) is 0 Å². The number of carbonyl (C=O) groups is 1. The SMILES string of the molecule is CCOc1ccccc1/C=C1\N=C(c2ccc(Br)cc2)OC1=O. The number of hydrogen-bond acceptors (Lipinski definition) is 4. The van der Waals surface area contributed by atoms with Crippen molar-refractivity contribution in [1.29, 1.82) is 0 Å². The first-order chi connectivity index (χ1) is 11.2. The summed E-state index contributed by atoms with van der Waals surface area (Å²) in [5.41, 5.74) is 1.81. The van der Waals surface area contributed by atoms with Gasteiger partial charge in [0.1, 0.15) is 5.75 Å². The topological polar surface area (TPSA) is 47.9 Å². The van der Waals surface area contributed by atoms with Gasteiger partial charge in [0.05, 0.1) is 6.61 Å². The molecule has 0 radical (unpaired) electrons. The first-order valence-electron chi connectivity index (χ1n) is 7.17. The summed E-state index contributed by atoms with van der Waals surface area (Å²) in [6, 6.07) is 14.9. The molecule has 23 heavy (non-hydrogen) atoms. The molecule has 116 valence electrons. The van der Waals surface area contributed by atoms with Crippen LogP contribution in [0.1, 0.15) is 18.1 Å². The molecule has 0 fully saturated rings. The third kappa shape index (κ3) is 3.51. The van der Waals surface area contributed by atoms with Gasteiger partial charge >= 0.3 is 5.97 Å². The lowest BCUT2D eigenvalue weighted by molar-refractivity contribution is -0.129. The van der Waals surface area contributed by atoms with Gasteiger partial charge in [-0.1, -0.05) is 34.1 Å². The molecule has 0 aromatic heterocycles. The van der Waals surface area contributed by atoms with Crippen LogP contribution in [-0.2, 0) is 9.53 Å². The van der Waals surface area contributed by atoms with Crippen molar-refractivity contribution in [2.75, 3.05) is 6.61 Å². The molecule has 0 aliphatic carbocycles. The molecular weight excluding hydrogens is 358 g/mol. The summed E-state index contributed by atoms with van der Waals surface area (Å²) in [6.45, 7) is 2.47. The molecule has 5 heteroatoms. The van der Waals surface area contributed by atoms with E-state index >= 15 is 0 Å². The van der Waals surface area contributed by atoms with Crippen LogP contribution < -0.4 is 4.74 Å². The van der Waals surface area contributed by atoms with Gasteiger partial charge in [-0.25, -0.2) is 9.79 Å². The standard InChI is InChI=1S/C18H14BrNO3/c1-2-22-16-6-4-3-5-13(16)11-15-18(21)23-17(20-15)12-7-9-14(19)10-8-12/h3-11H,2H2,1H3/b15-11-. The Morgan fingerprint density at radius 3 is 2.65 bits per heavy atom. The molecule has 2 aromatic carbocycles. The fourth-order valence-corrected chi connectivity index (χ4v) is 2.42. The molecule has 4 nitrogen and oxygen atoms in total. The highest BCUT2D eigenvalue weighted by molar-refractivity contribution is 9.10. The van der Waals surface area contributed by atoms with Gasteiger partial charge in [0, 0.05) is 15.6 Å². The van der Waals surface area contributed by atoms with Crippen molar-refractivity contribution < 1.29 is 14.3 Å². The molecule has 0 atom stereocenters. The maximum absolute atomic E-state index is 12.0. The molecule has 0 bridgehead atoms. The van der Waals surface area contributed by atoms with Crippen LogP contribution in [-0.4, -0.2) is 18.5 Å². The minimum Gasteiger partial charge on any atom is -0.493 e. The zero-order valence-corrected chi connectivity index (χ0v) is 14.0. The van der Waals surface area contributed by atoms with Crippen molar-refractivity contribution in [3.05, 3.63) is 69.8 Å². The zero-order valence-electron chi connectivity index (χ0n) is 12.5. The highest BCUT2D eigenvalue weighted by atomic mass is 79.9. The van der Waals surface area contributed by atoms with Gasteiger partial charge in [0.25, 0.3) is 0 Å². The normalized spacial score (nSPS) is 15.5. The number of ether oxygens (including phenoxy) is 2. The summed E-state index contributed by atoms with van der Waals surface area (Å²) in [5.74, 6) is 0.555. The van der Waals surface area contributed by atoms with E-state index in [0.717, 1.165) is 15.6 Å². The van der Waals surface area contributed by atoms with E-state index in [-0.39, 0.29) is 5.70 Å². The molecule has 2 aromatic rings. The van der Waals surface area contributed by atoms with E-state index in [1.54, 1.807) is 6.08 Å². The van der Waals surface area contributed by atoms with E-state index in [1.807, 2.05) is 55.5 Å². The number of hydrogen-bond donors (Lipinski definition) is 0. The van der Waals surface area contributed by atoms with Gasteiger partial charge in [0.15, 0.2) is 5.70 Å². The predicted molar refractivity (Wildman–Crippen MR) is 92.4 cm³/mol. The van der Waals surface area contributed by atoms with Crippen LogP contribution >= 0.6 is 15.9 Å². The number of rotatable bonds is 4. The molecule has 0 amide bonds. The summed E-state index contributed by atoms with van der Waals surface area (Å²) < 4.78 is 11.8. The lowest BCUT2D eigenvalue weighted by Gasteiger charge is -2.06. The van der Waals surface area contributed by atoms with Gasteiger partial charge < -0.3 is 9.47 Å². The van der Waals surface area contributed by atoms with E-state index in [1.165, 1.54) is 0 Å². The van der Waals surface area contributed by atoms with Crippen molar-refractivity contribution in [2.45, 2.75) is 6.92 Å². The Kier molecular flexibility index (Phi) is 4.57. The summed E-state index contributed by atoms with van der Waals surface area (Å²) in [7, 11) is 0. The number of cyclic esters (lactones) is 1. The number of halogens is 1. The molecule has 1 heterocycles. The van der Waals surface area contributed by atoms with Crippen molar-refractivity contribution in [2.24, 2.45) is 4.99 Å². The average molecular weight is 372 g/mol. The third-order valence-corrected chi connectivity index (χ3v) is 3.75. The largest absolute Gasteiger partial charge is 0.493 e. The lowest BCUT2D eigenvalue weighted by atomic mass is 10.1. The number of esters is 1. The Bertz CT molecular complexity index is 794. The van der Waals surface area contributed by atoms with E-state index in [2.05, 4.69) is 20.9 Å². The number of carbonyl (C=O) groups excluding carboxylic acids is 1. The Balaban J connectivity index is 1.94. The monoisotopic (exact) mass is 371 g/mol. The van der Waals surface area contributed by atoms with Gasteiger partial charge in [-0.05, 0) is 43.3 Å².